The van der Waals surface area contributed by atoms with E-state index < -0.39 is 0 Å². The molecule has 124 valence electrons. The smallest absolute Gasteiger partial charge is 0.223 e. The first-order valence-electron chi connectivity index (χ1n) is 8.46. The minimum atomic E-state index is -0.225. The van der Waals surface area contributed by atoms with Crippen molar-refractivity contribution in [1.82, 2.24) is 5.32 Å². The number of hydrogen-bond donors (Lipinski definition) is 1. The van der Waals surface area contributed by atoms with Crippen LogP contribution in [-0.4, -0.2) is 25.7 Å². The van der Waals surface area contributed by atoms with Crippen LogP contribution in [0.1, 0.15) is 37.7 Å². The summed E-state index contributed by atoms with van der Waals surface area (Å²) in [5, 5.41) is 3.13. The maximum atomic E-state index is 13.7. The molecule has 1 amide bonds. The molecule has 1 aromatic rings. The molecule has 1 aliphatic carbocycles. The van der Waals surface area contributed by atoms with Gasteiger partial charge >= 0.3 is 0 Å². The van der Waals surface area contributed by atoms with Gasteiger partial charge in [0.2, 0.25) is 5.91 Å². The number of carbonyl (C=O) groups excluding carboxylic acids is 1. The third kappa shape index (κ3) is 3.81. The Labute approximate surface area is 136 Å². The zero-order chi connectivity index (χ0) is 16.1. The van der Waals surface area contributed by atoms with E-state index in [0.29, 0.717) is 19.8 Å². The van der Waals surface area contributed by atoms with E-state index in [9.17, 15) is 9.18 Å². The lowest BCUT2D eigenvalue weighted by atomic mass is 9.74. The van der Waals surface area contributed by atoms with Crippen molar-refractivity contribution in [3.05, 3.63) is 47.8 Å². The predicted octanol–water partition coefficient (Wildman–Crippen LogP) is 3.35. The van der Waals surface area contributed by atoms with Crippen molar-refractivity contribution in [1.29, 1.82) is 0 Å². The van der Waals surface area contributed by atoms with E-state index in [-0.39, 0.29) is 23.1 Å². The van der Waals surface area contributed by atoms with Crippen molar-refractivity contribution in [3.63, 3.8) is 0 Å². The van der Waals surface area contributed by atoms with Gasteiger partial charge in [-0.15, -0.1) is 0 Å². The van der Waals surface area contributed by atoms with Crippen LogP contribution < -0.4 is 5.32 Å². The predicted molar refractivity (Wildman–Crippen MR) is 87.6 cm³/mol. The Balaban J connectivity index is 1.72. The Kier molecular flexibility index (Phi) is 5.11. The first-order valence-corrected chi connectivity index (χ1v) is 8.46. The number of ether oxygens (including phenoxy) is 1. The van der Waals surface area contributed by atoms with Gasteiger partial charge in [0.15, 0.2) is 0 Å². The largest absolute Gasteiger partial charge is 0.381 e. The minimum Gasteiger partial charge on any atom is -0.381 e. The third-order valence-corrected chi connectivity index (χ3v) is 5.13. The van der Waals surface area contributed by atoms with Gasteiger partial charge in [0.05, 0.1) is 0 Å². The van der Waals surface area contributed by atoms with Gasteiger partial charge in [-0.2, -0.15) is 0 Å². The summed E-state index contributed by atoms with van der Waals surface area (Å²) in [6, 6.07) is 6.77. The zero-order valence-corrected chi connectivity index (χ0v) is 13.4. The second-order valence-corrected chi connectivity index (χ2v) is 6.60. The molecule has 23 heavy (non-hydrogen) atoms. The van der Waals surface area contributed by atoms with Crippen molar-refractivity contribution < 1.29 is 13.9 Å². The number of nitrogens with one attached hydrogen (secondary N) is 1. The van der Waals surface area contributed by atoms with Gasteiger partial charge in [0.1, 0.15) is 5.82 Å². The first-order chi connectivity index (χ1) is 11.2. The third-order valence-electron chi connectivity index (χ3n) is 5.13. The van der Waals surface area contributed by atoms with E-state index >= 15 is 0 Å². The highest BCUT2D eigenvalue weighted by Gasteiger charge is 2.35. The molecule has 3 rings (SSSR count). The molecule has 3 nitrogen and oxygen atoms in total. The quantitative estimate of drug-likeness (QED) is 0.865. The molecule has 1 saturated heterocycles. The lowest BCUT2D eigenvalue weighted by Crippen LogP contribution is -2.46. The van der Waals surface area contributed by atoms with Crippen molar-refractivity contribution in [2.24, 2.45) is 5.92 Å². The van der Waals surface area contributed by atoms with E-state index in [0.717, 1.165) is 37.7 Å². The molecule has 0 aromatic heterocycles. The van der Waals surface area contributed by atoms with E-state index in [1.807, 2.05) is 6.07 Å². The Morgan fingerprint density at radius 2 is 2.13 bits per heavy atom. The molecule has 4 heteroatoms. The van der Waals surface area contributed by atoms with Crippen LogP contribution in [0.25, 0.3) is 0 Å². The van der Waals surface area contributed by atoms with Crippen molar-refractivity contribution in [3.8, 4) is 0 Å². The van der Waals surface area contributed by atoms with Gasteiger partial charge in [-0.3, -0.25) is 4.79 Å². The van der Waals surface area contributed by atoms with Crippen molar-refractivity contribution >= 4 is 5.91 Å². The monoisotopic (exact) mass is 317 g/mol. The number of hydrogen-bond acceptors (Lipinski definition) is 2. The zero-order valence-electron chi connectivity index (χ0n) is 13.4. The molecule has 1 atom stereocenters. The van der Waals surface area contributed by atoms with Crippen LogP contribution >= 0.6 is 0 Å². The highest BCUT2D eigenvalue weighted by molar-refractivity contribution is 5.79. The lowest BCUT2D eigenvalue weighted by molar-refractivity contribution is -0.125. The summed E-state index contributed by atoms with van der Waals surface area (Å²) in [6.07, 6.45) is 8.55. The SMILES string of the molecule is O=C(NCC1(c2cccc(F)c2)CCOCC1)[C@H]1CC=CCC1. The number of allylic oxidation sites excluding steroid dienone is 2. The molecular formula is C19H24FNO2. The van der Waals surface area contributed by atoms with Gasteiger partial charge in [-0.05, 0) is 49.8 Å². The molecular weight excluding hydrogens is 293 g/mol. The number of rotatable bonds is 4. The topological polar surface area (TPSA) is 38.3 Å². The maximum absolute atomic E-state index is 13.7. The summed E-state index contributed by atoms with van der Waals surface area (Å²) >= 11 is 0. The standard InChI is InChI=1S/C19H24FNO2/c20-17-8-4-7-16(13-17)19(9-11-23-12-10-19)14-21-18(22)15-5-2-1-3-6-15/h1-2,4,7-8,13,15H,3,5-6,9-12,14H2,(H,21,22)/t15-/m0/s1. The Bertz CT molecular complexity index is 578. The lowest BCUT2D eigenvalue weighted by Gasteiger charge is -2.38. The van der Waals surface area contributed by atoms with E-state index in [1.165, 1.54) is 6.07 Å². The molecule has 0 radical (unpaired) electrons. The van der Waals surface area contributed by atoms with E-state index in [4.69, 9.17) is 4.74 Å². The summed E-state index contributed by atoms with van der Waals surface area (Å²) in [5.41, 5.74) is 0.741. The van der Waals surface area contributed by atoms with E-state index in [1.54, 1.807) is 12.1 Å². The molecule has 1 heterocycles. The van der Waals surface area contributed by atoms with Crippen molar-refractivity contribution in [2.45, 2.75) is 37.5 Å². The molecule has 2 aliphatic rings. The first kappa shape index (κ1) is 16.2. The number of amides is 1. The fourth-order valence-electron chi connectivity index (χ4n) is 3.58. The summed E-state index contributed by atoms with van der Waals surface area (Å²) in [4.78, 5) is 12.4. The molecule has 0 spiro atoms. The second-order valence-electron chi connectivity index (χ2n) is 6.60. The summed E-state index contributed by atoms with van der Waals surface area (Å²) < 4.78 is 19.1. The maximum Gasteiger partial charge on any atom is 0.223 e. The second kappa shape index (κ2) is 7.26. The van der Waals surface area contributed by atoms with Gasteiger partial charge in [0.25, 0.3) is 0 Å². The minimum absolute atomic E-state index is 0.0735. The van der Waals surface area contributed by atoms with Crippen LogP contribution in [0, 0.1) is 11.7 Å². The Morgan fingerprint density at radius 3 is 2.83 bits per heavy atom. The molecule has 0 saturated carbocycles. The van der Waals surface area contributed by atoms with Crippen LogP contribution in [0.15, 0.2) is 36.4 Å². The van der Waals surface area contributed by atoms with Crippen LogP contribution in [0.2, 0.25) is 0 Å². The molecule has 1 aliphatic heterocycles. The molecule has 1 aromatic carbocycles. The van der Waals surface area contributed by atoms with Crippen molar-refractivity contribution in [2.75, 3.05) is 19.8 Å². The van der Waals surface area contributed by atoms with Crippen LogP contribution in [0.5, 0.6) is 0 Å². The normalized spacial score (nSPS) is 23.4. The number of benzene rings is 1. The van der Waals surface area contributed by atoms with Gasteiger partial charge in [-0.1, -0.05) is 24.3 Å². The van der Waals surface area contributed by atoms with E-state index in [2.05, 4.69) is 17.5 Å². The Hall–Kier alpha value is -1.68. The van der Waals surface area contributed by atoms with Gasteiger partial charge in [-0.25, -0.2) is 4.39 Å². The fourth-order valence-corrected chi connectivity index (χ4v) is 3.58. The number of halogens is 1. The highest BCUT2D eigenvalue weighted by Crippen LogP contribution is 2.34. The van der Waals surface area contributed by atoms with Crippen LogP contribution in [-0.2, 0) is 14.9 Å². The van der Waals surface area contributed by atoms with Gasteiger partial charge < -0.3 is 10.1 Å². The Morgan fingerprint density at radius 1 is 1.30 bits per heavy atom. The summed E-state index contributed by atoms with van der Waals surface area (Å²) in [7, 11) is 0. The highest BCUT2D eigenvalue weighted by atomic mass is 19.1. The average molecular weight is 317 g/mol. The molecule has 1 fully saturated rings. The average Bonchev–Trinajstić information content (AvgIpc) is 2.61. The molecule has 0 bridgehead atoms. The fraction of sp³-hybridized carbons (Fsp3) is 0.526. The van der Waals surface area contributed by atoms with Crippen LogP contribution in [0.3, 0.4) is 0 Å². The molecule has 1 N–H and O–H groups in total. The molecule has 0 unspecified atom stereocenters. The van der Waals surface area contributed by atoms with Crippen LogP contribution in [0.4, 0.5) is 4.39 Å². The number of carbonyl (C=O) groups is 1. The van der Waals surface area contributed by atoms with Gasteiger partial charge in [0, 0.05) is 31.1 Å². The summed E-state index contributed by atoms with van der Waals surface area (Å²) in [6.45, 7) is 1.86. The summed E-state index contributed by atoms with van der Waals surface area (Å²) in [5.74, 6) is -0.0295.